The van der Waals surface area contributed by atoms with Gasteiger partial charge in [-0.3, -0.25) is 19.1 Å². The van der Waals surface area contributed by atoms with Crippen LogP contribution in [0.5, 0.6) is 0 Å². The van der Waals surface area contributed by atoms with E-state index in [1.165, 1.54) is 10.6 Å². The van der Waals surface area contributed by atoms with E-state index in [1.54, 1.807) is 48.2 Å². The van der Waals surface area contributed by atoms with Crippen molar-refractivity contribution in [1.82, 2.24) is 24.1 Å². The second-order valence-corrected chi connectivity index (χ2v) is 6.80. The van der Waals surface area contributed by atoms with Gasteiger partial charge in [0.2, 0.25) is 0 Å². The van der Waals surface area contributed by atoms with Crippen molar-refractivity contribution in [3.8, 4) is 0 Å². The molecule has 25 heavy (non-hydrogen) atoms. The topological polar surface area (TPSA) is 80.4 Å². The van der Waals surface area contributed by atoms with Crippen LogP contribution in [0, 0.1) is 0 Å². The summed E-state index contributed by atoms with van der Waals surface area (Å²) in [6, 6.07) is 4.66. The Morgan fingerprint density at radius 1 is 1.16 bits per heavy atom. The number of hydrogen-bond donors (Lipinski definition) is 0. The number of rotatable bonds is 2. The van der Waals surface area contributed by atoms with Crippen LogP contribution < -0.4 is 5.56 Å². The summed E-state index contributed by atoms with van der Waals surface area (Å²) in [6.07, 6.45) is 4.15. The number of aryl methyl sites for hydroxylation is 1. The summed E-state index contributed by atoms with van der Waals surface area (Å²) < 4.78 is 2.96. The van der Waals surface area contributed by atoms with Gasteiger partial charge in [0.15, 0.2) is 0 Å². The zero-order chi connectivity index (χ0) is 17.8. The minimum absolute atomic E-state index is 0.0430. The summed E-state index contributed by atoms with van der Waals surface area (Å²) >= 11 is 0. The van der Waals surface area contributed by atoms with Crippen molar-refractivity contribution in [3.63, 3.8) is 0 Å². The van der Waals surface area contributed by atoms with Crippen LogP contribution in [0.4, 0.5) is 0 Å². The summed E-state index contributed by atoms with van der Waals surface area (Å²) in [4.78, 5) is 40.5. The van der Waals surface area contributed by atoms with Gasteiger partial charge in [-0.15, -0.1) is 0 Å². The number of likely N-dealkylation sites (tertiary alicyclic amines) is 2. The molecule has 2 saturated heterocycles. The quantitative estimate of drug-likeness (QED) is 0.761. The number of nitrogens with zero attached hydrogens (tertiary/aromatic N) is 5. The lowest BCUT2D eigenvalue weighted by molar-refractivity contribution is -0.0850. The Bertz CT molecular complexity index is 922. The van der Waals surface area contributed by atoms with E-state index in [1.807, 2.05) is 4.90 Å². The molecule has 8 heteroatoms. The van der Waals surface area contributed by atoms with Gasteiger partial charge in [-0.1, -0.05) is 6.07 Å². The lowest BCUT2D eigenvalue weighted by Crippen LogP contribution is -2.78. The number of hydrogen-bond acceptors (Lipinski definition) is 4. The van der Waals surface area contributed by atoms with Gasteiger partial charge in [0.05, 0.1) is 17.3 Å². The van der Waals surface area contributed by atoms with Crippen molar-refractivity contribution in [2.75, 3.05) is 19.6 Å². The van der Waals surface area contributed by atoms with Crippen molar-refractivity contribution in [3.05, 3.63) is 52.2 Å². The average molecular weight is 341 g/mol. The number of aromatic nitrogens is 3. The van der Waals surface area contributed by atoms with E-state index < -0.39 is 0 Å². The smallest absolute Gasteiger partial charge is 0.270 e. The molecule has 2 aromatic rings. The molecule has 0 unspecified atom stereocenters. The van der Waals surface area contributed by atoms with E-state index in [-0.39, 0.29) is 22.9 Å². The molecule has 0 bridgehead atoms. The second kappa shape index (κ2) is 5.30. The minimum atomic E-state index is -0.268. The molecule has 0 saturated carbocycles. The lowest BCUT2D eigenvalue weighted by Gasteiger charge is -2.62. The highest BCUT2D eigenvalue weighted by Crippen LogP contribution is 2.40. The van der Waals surface area contributed by atoms with Gasteiger partial charge in [0.1, 0.15) is 5.69 Å². The fourth-order valence-electron chi connectivity index (χ4n) is 3.62. The van der Waals surface area contributed by atoms with Crippen LogP contribution in [0.15, 0.2) is 35.4 Å². The van der Waals surface area contributed by atoms with Gasteiger partial charge in [-0.25, -0.2) is 0 Å². The predicted molar refractivity (Wildman–Crippen MR) is 89.2 cm³/mol. The van der Waals surface area contributed by atoms with Crippen molar-refractivity contribution >= 4 is 11.8 Å². The molecule has 0 aliphatic carbocycles. The highest BCUT2D eigenvalue weighted by molar-refractivity contribution is 5.96. The fourth-order valence-corrected chi connectivity index (χ4v) is 3.62. The largest absolute Gasteiger partial charge is 0.333 e. The minimum Gasteiger partial charge on any atom is -0.333 e. The van der Waals surface area contributed by atoms with Gasteiger partial charge in [-0.05, 0) is 12.5 Å². The SMILES string of the molecule is Cn1cc(C(=O)N2CCC23CN(C(=O)c2cccc(=O)n2C)C3)cn1. The summed E-state index contributed by atoms with van der Waals surface area (Å²) in [6.45, 7) is 1.70. The predicted octanol–water partition coefficient (Wildman–Crippen LogP) is -0.141. The van der Waals surface area contributed by atoms with E-state index >= 15 is 0 Å². The molecular formula is C17H19N5O3. The average Bonchev–Trinajstić information content (AvgIpc) is 2.94. The van der Waals surface area contributed by atoms with E-state index in [9.17, 15) is 14.4 Å². The first-order valence-corrected chi connectivity index (χ1v) is 8.17. The lowest BCUT2D eigenvalue weighted by atomic mass is 9.77. The zero-order valence-corrected chi connectivity index (χ0v) is 14.2. The molecule has 2 aliphatic rings. The molecule has 8 nitrogen and oxygen atoms in total. The Balaban J connectivity index is 1.47. The molecule has 4 heterocycles. The molecule has 0 atom stereocenters. The van der Waals surface area contributed by atoms with E-state index in [0.29, 0.717) is 30.9 Å². The van der Waals surface area contributed by atoms with E-state index in [2.05, 4.69) is 5.10 Å². The molecule has 1 spiro atoms. The van der Waals surface area contributed by atoms with Crippen LogP contribution in [0.3, 0.4) is 0 Å². The standard InChI is InChI=1S/C17H19N5O3/c1-19-9-12(8-18-19)15(24)22-7-6-17(22)10-21(11-17)16(25)13-4-3-5-14(23)20(13)2/h3-5,8-9H,6-7,10-11H2,1-2H3. The van der Waals surface area contributed by atoms with Crippen LogP contribution in [0.25, 0.3) is 0 Å². The Kier molecular flexibility index (Phi) is 3.31. The molecule has 2 aromatic heterocycles. The summed E-state index contributed by atoms with van der Waals surface area (Å²) in [5.74, 6) is -0.218. The Morgan fingerprint density at radius 2 is 1.92 bits per heavy atom. The van der Waals surface area contributed by atoms with Crippen molar-refractivity contribution in [1.29, 1.82) is 0 Å². The maximum absolute atomic E-state index is 12.6. The summed E-state index contributed by atoms with van der Waals surface area (Å²) in [5, 5.41) is 4.04. The normalized spacial score (nSPS) is 18.0. The number of pyridine rings is 1. The Labute approximate surface area is 144 Å². The molecule has 4 rings (SSSR count). The van der Waals surface area contributed by atoms with Crippen LogP contribution in [-0.4, -0.2) is 61.1 Å². The summed E-state index contributed by atoms with van der Waals surface area (Å²) in [7, 11) is 3.36. The fraction of sp³-hybridized carbons (Fsp3) is 0.412. The maximum atomic E-state index is 12.6. The molecule has 2 amide bonds. The maximum Gasteiger partial charge on any atom is 0.270 e. The van der Waals surface area contributed by atoms with Crippen molar-refractivity contribution in [2.45, 2.75) is 12.0 Å². The molecule has 0 radical (unpaired) electrons. The van der Waals surface area contributed by atoms with Crippen LogP contribution in [0.2, 0.25) is 0 Å². The first kappa shape index (κ1) is 15.6. The summed E-state index contributed by atoms with van der Waals surface area (Å²) in [5.41, 5.74) is 0.456. The van der Waals surface area contributed by atoms with Crippen molar-refractivity contribution < 1.29 is 9.59 Å². The third kappa shape index (κ3) is 2.28. The number of amides is 2. The van der Waals surface area contributed by atoms with E-state index in [0.717, 1.165) is 6.42 Å². The number of carbonyl (C=O) groups is 2. The molecule has 0 aromatic carbocycles. The second-order valence-electron chi connectivity index (χ2n) is 6.80. The molecule has 130 valence electrons. The van der Waals surface area contributed by atoms with E-state index in [4.69, 9.17) is 0 Å². The Morgan fingerprint density at radius 3 is 2.52 bits per heavy atom. The van der Waals surface area contributed by atoms with Crippen LogP contribution in [-0.2, 0) is 14.1 Å². The molecule has 2 fully saturated rings. The Hall–Kier alpha value is -2.90. The molecule has 0 N–H and O–H groups in total. The van der Waals surface area contributed by atoms with Gasteiger partial charge in [-0.2, -0.15) is 5.10 Å². The molecular weight excluding hydrogens is 322 g/mol. The van der Waals surface area contributed by atoms with Crippen molar-refractivity contribution in [2.24, 2.45) is 14.1 Å². The van der Waals surface area contributed by atoms with Gasteiger partial charge in [0, 0.05) is 46.0 Å². The van der Waals surface area contributed by atoms with Gasteiger partial charge < -0.3 is 14.4 Å². The van der Waals surface area contributed by atoms with Gasteiger partial charge >= 0.3 is 0 Å². The monoisotopic (exact) mass is 341 g/mol. The third-order valence-corrected chi connectivity index (χ3v) is 5.23. The first-order chi connectivity index (χ1) is 11.9. The number of carbonyl (C=O) groups excluding carboxylic acids is 2. The zero-order valence-electron chi connectivity index (χ0n) is 14.2. The highest BCUT2D eigenvalue weighted by atomic mass is 16.2. The first-order valence-electron chi connectivity index (χ1n) is 8.17. The van der Waals surface area contributed by atoms with Crippen LogP contribution in [0.1, 0.15) is 27.3 Å². The van der Waals surface area contributed by atoms with Gasteiger partial charge in [0.25, 0.3) is 17.4 Å². The molecule has 2 aliphatic heterocycles. The third-order valence-electron chi connectivity index (χ3n) is 5.23. The van der Waals surface area contributed by atoms with Crippen LogP contribution >= 0.6 is 0 Å². The highest BCUT2D eigenvalue weighted by Gasteiger charge is 2.56.